The standard InChI is InChI=1S/C24H31NO4/c1-17(2)21(25-23(27)29-24(3,4)5)22(26)28-20(19-14-10-7-11-15-19)16-18-12-8-6-9-13-18/h6-15,17,20-21H,16H2,1-5H3,(H,25,27)/t20-,21?/m0/s1. The molecule has 2 atom stereocenters. The minimum absolute atomic E-state index is 0.150. The highest BCUT2D eigenvalue weighted by Gasteiger charge is 2.30. The first kappa shape index (κ1) is 22.5. The monoisotopic (exact) mass is 397 g/mol. The summed E-state index contributed by atoms with van der Waals surface area (Å²) in [7, 11) is 0. The Labute approximate surface area is 173 Å². The number of rotatable bonds is 7. The van der Waals surface area contributed by atoms with Gasteiger partial charge in [0.2, 0.25) is 0 Å². The second-order valence-corrected chi connectivity index (χ2v) is 8.39. The molecular formula is C24H31NO4. The highest BCUT2D eigenvalue weighted by Crippen LogP contribution is 2.24. The van der Waals surface area contributed by atoms with Crippen LogP contribution in [0.25, 0.3) is 0 Å². The summed E-state index contributed by atoms with van der Waals surface area (Å²) in [6.45, 7) is 9.05. The van der Waals surface area contributed by atoms with Crippen LogP contribution >= 0.6 is 0 Å². The lowest BCUT2D eigenvalue weighted by atomic mass is 10.0. The Bertz CT molecular complexity index is 782. The molecular weight excluding hydrogens is 366 g/mol. The Hall–Kier alpha value is -2.82. The van der Waals surface area contributed by atoms with Gasteiger partial charge in [-0.05, 0) is 37.8 Å². The van der Waals surface area contributed by atoms with E-state index in [0.717, 1.165) is 11.1 Å². The van der Waals surface area contributed by atoms with Crippen LogP contribution in [0.15, 0.2) is 60.7 Å². The predicted octanol–water partition coefficient (Wildman–Crippen LogP) is 5.06. The van der Waals surface area contributed by atoms with Crippen molar-refractivity contribution in [1.29, 1.82) is 0 Å². The molecule has 0 heterocycles. The molecule has 2 aromatic rings. The van der Waals surface area contributed by atoms with Gasteiger partial charge < -0.3 is 14.8 Å². The van der Waals surface area contributed by atoms with Crippen LogP contribution in [0.5, 0.6) is 0 Å². The number of hydrogen-bond acceptors (Lipinski definition) is 4. The van der Waals surface area contributed by atoms with Crippen molar-refractivity contribution in [2.75, 3.05) is 0 Å². The van der Waals surface area contributed by atoms with Crippen LogP contribution in [0.2, 0.25) is 0 Å². The summed E-state index contributed by atoms with van der Waals surface area (Å²) < 4.78 is 11.2. The number of carbonyl (C=O) groups is 2. The molecule has 1 N–H and O–H groups in total. The van der Waals surface area contributed by atoms with Gasteiger partial charge in [-0.1, -0.05) is 74.5 Å². The number of esters is 1. The molecule has 29 heavy (non-hydrogen) atoms. The predicted molar refractivity (Wildman–Crippen MR) is 113 cm³/mol. The Morgan fingerprint density at radius 3 is 2.00 bits per heavy atom. The lowest BCUT2D eigenvalue weighted by Gasteiger charge is -2.27. The van der Waals surface area contributed by atoms with Crippen LogP contribution in [-0.2, 0) is 20.7 Å². The Kier molecular flexibility index (Phi) is 7.82. The molecule has 1 amide bonds. The number of hydrogen-bond donors (Lipinski definition) is 1. The van der Waals surface area contributed by atoms with Gasteiger partial charge in [-0.25, -0.2) is 9.59 Å². The van der Waals surface area contributed by atoms with E-state index in [0.29, 0.717) is 6.42 Å². The summed E-state index contributed by atoms with van der Waals surface area (Å²) in [5.41, 5.74) is 1.33. The third-order valence-corrected chi connectivity index (χ3v) is 4.29. The van der Waals surface area contributed by atoms with Crippen molar-refractivity contribution in [3.8, 4) is 0 Å². The molecule has 0 saturated heterocycles. The van der Waals surface area contributed by atoms with E-state index >= 15 is 0 Å². The molecule has 2 rings (SSSR count). The molecule has 0 aliphatic rings. The molecule has 1 unspecified atom stereocenters. The lowest BCUT2D eigenvalue weighted by molar-refractivity contribution is -0.153. The molecule has 0 aliphatic heterocycles. The summed E-state index contributed by atoms with van der Waals surface area (Å²) in [4.78, 5) is 25.2. The third kappa shape index (κ3) is 7.60. The average Bonchev–Trinajstić information content (AvgIpc) is 2.65. The minimum Gasteiger partial charge on any atom is -0.456 e. The fourth-order valence-corrected chi connectivity index (χ4v) is 2.87. The molecule has 156 valence electrons. The van der Waals surface area contributed by atoms with Crippen molar-refractivity contribution in [3.05, 3.63) is 71.8 Å². The van der Waals surface area contributed by atoms with Gasteiger partial charge in [-0.3, -0.25) is 0 Å². The largest absolute Gasteiger partial charge is 0.456 e. The molecule has 2 aromatic carbocycles. The van der Waals surface area contributed by atoms with E-state index in [9.17, 15) is 9.59 Å². The zero-order valence-electron chi connectivity index (χ0n) is 17.8. The maximum atomic E-state index is 13.0. The van der Waals surface area contributed by atoms with E-state index in [4.69, 9.17) is 9.47 Å². The quantitative estimate of drug-likeness (QED) is 0.663. The topological polar surface area (TPSA) is 64.6 Å². The number of carbonyl (C=O) groups excluding carboxylic acids is 2. The van der Waals surface area contributed by atoms with E-state index in [-0.39, 0.29) is 5.92 Å². The fourth-order valence-electron chi connectivity index (χ4n) is 2.87. The molecule has 0 aromatic heterocycles. The smallest absolute Gasteiger partial charge is 0.408 e. The summed E-state index contributed by atoms with van der Waals surface area (Å²) in [5, 5.41) is 2.66. The highest BCUT2D eigenvalue weighted by atomic mass is 16.6. The lowest BCUT2D eigenvalue weighted by Crippen LogP contribution is -2.47. The van der Waals surface area contributed by atoms with Crippen LogP contribution in [-0.4, -0.2) is 23.7 Å². The highest BCUT2D eigenvalue weighted by molar-refractivity contribution is 5.82. The first-order valence-corrected chi connectivity index (χ1v) is 9.94. The van der Waals surface area contributed by atoms with Gasteiger partial charge in [0.1, 0.15) is 17.7 Å². The molecule has 0 aliphatic carbocycles. The second kappa shape index (κ2) is 10.1. The van der Waals surface area contributed by atoms with Crippen LogP contribution in [0, 0.1) is 5.92 Å². The Balaban J connectivity index is 2.16. The Morgan fingerprint density at radius 1 is 0.931 bits per heavy atom. The number of benzene rings is 2. The van der Waals surface area contributed by atoms with Crippen LogP contribution in [0.4, 0.5) is 4.79 Å². The van der Waals surface area contributed by atoms with Gasteiger partial charge in [0.05, 0.1) is 0 Å². The zero-order valence-corrected chi connectivity index (χ0v) is 17.8. The maximum Gasteiger partial charge on any atom is 0.408 e. The molecule has 0 fully saturated rings. The molecule has 5 nitrogen and oxygen atoms in total. The first-order valence-electron chi connectivity index (χ1n) is 9.94. The summed E-state index contributed by atoms with van der Waals surface area (Å²) in [6, 6.07) is 18.7. The summed E-state index contributed by atoms with van der Waals surface area (Å²) in [6.07, 6.45) is -0.534. The molecule has 0 bridgehead atoms. The van der Waals surface area contributed by atoms with Crippen LogP contribution in [0.1, 0.15) is 51.8 Å². The van der Waals surface area contributed by atoms with Gasteiger partial charge in [0, 0.05) is 6.42 Å². The van der Waals surface area contributed by atoms with Crippen molar-refractivity contribution < 1.29 is 19.1 Å². The third-order valence-electron chi connectivity index (χ3n) is 4.29. The fraction of sp³-hybridized carbons (Fsp3) is 0.417. The van der Waals surface area contributed by atoms with Crippen molar-refractivity contribution in [1.82, 2.24) is 5.32 Å². The van der Waals surface area contributed by atoms with E-state index in [1.165, 1.54) is 0 Å². The number of nitrogens with one attached hydrogen (secondary N) is 1. The van der Waals surface area contributed by atoms with Gasteiger partial charge in [0.25, 0.3) is 0 Å². The SMILES string of the molecule is CC(C)C(NC(=O)OC(C)(C)C)C(=O)O[C@@H](Cc1ccccc1)c1ccccc1. The van der Waals surface area contributed by atoms with Gasteiger partial charge in [-0.15, -0.1) is 0 Å². The molecule has 5 heteroatoms. The zero-order chi connectivity index (χ0) is 21.4. The maximum absolute atomic E-state index is 13.0. The first-order chi connectivity index (χ1) is 13.7. The van der Waals surface area contributed by atoms with Crippen molar-refractivity contribution >= 4 is 12.1 Å². The minimum atomic E-state index is -0.799. The van der Waals surface area contributed by atoms with Crippen LogP contribution in [0.3, 0.4) is 0 Å². The van der Waals surface area contributed by atoms with Crippen LogP contribution < -0.4 is 5.32 Å². The molecule has 0 radical (unpaired) electrons. The average molecular weight is 398 g/mol. The Morgan fingerprint density at radius 2 is 1.48 bits per heavy atom. The number of alkyl carbamates (subject to hydrolysis) is 1. The normalized spacial score (nSPS) is 13.4. The molecule has 0 saturated carbocycles. The van der Waals surface area contributed by atoms with E-state index in [1.807, 2.05) is 74.5 Å². The van der Waals surface area contributed by atoms with E-state index < -0.39 is 29.8 Å². The number of ether oxygens (including phenoxy) is 2. The summed E-state index contributed by atoms with van der Waals surface area (Å²) in [5.74, 6) is -0.626. The second-order valence-electron chi connectivity index (χ2n) is 8.39. The van der Waals surface area contributed by atoms with E-state index in [2.05, 4.69) is 5.32 Å². The number of amides is 1. The van der Waals surface area contributed by atoms with E-state index in [1.54, 1.807) is 20.8 Å². The summed E-state index contributed by atoms with van der Waals surface area (Å²) >= 11 is 0. The van der Waals surface area contributed by atoms with Gasteiger partial charge in [-0.2, -0.15) is 0 Å². The van der Waals surface area contributed by atoms with Crippen molar-refractivity contribution in [3.63, 3.8) is 0 Å². The van der Waals surface area contributed by atoms with Gasteiger partial charge in [0.15, 0.2) is 0 Å². The van der Waals surface area contributed by atoms with Crippen molar-refractivity contribution in [2.24, 2.45) is 5.92 Å². The van der Waals surface area contributed by atoms with Gasteiger partial charge >= 0.3 is 12.1 Å². The molecule has 0 spiro atoms. The van der Waals surface area contributed by atoms with Crippen molar-refractivity contribution in [2.45, 2.75) is 58.8 Å².